The molecule has 1 aromatic heterocycles. The number of imidazole rings is 1. The number of aromatic amines is 1. The standard InChI is InChI=1S/C18H24N4O3S/c1-26(24,25)18(7-9-19-10-8-18)17(23)20-13-5-6-14-15(11-13)22-16(21-14)12-3-2-4-12/h5-6,11-12,19H,2-4,7-10H2,1H3,(H,20,23)(H,21,22). The smallest absolute Gasteiger partial charge is 0.245 e. The molecule has 0 radical (unpaired) electrons. The quantitative estimate of drug-likeness (QED) is 0.756. The van der Waals surface area contributed by atoms with E-state index < -0.39 is 20.5 Å². The number of amides is 1. The van der Waals surface area contributed by atoms with E-state index in [2.05, 4.69) is 20.6 Å². The molecular weight excluding hydrogens is 352 g/mol. The first-order valence-electron chi connectivity index (χ1n) is 9.10. The molecule has 4 rings (SSSR count). The summed E-state index contributed by atoms with van der Waals surface area (Å²) in [5.41, 5.74) is 2.32. The highest BCUT2D eigenvalue weighted by Crippen LogP contribution is 2.36. The Balaban J connectivity index is 1.60. The van der Waals surface area contributed by atoms with Gasteiger partial charge in [-0.15, -0.1) is 0 Å². The van der Waals surface area contributed by atoms with Gasteiger partial charge in [-0.25, -0.2) is 13.4 Å². The number of benzene rings is 1. The van der Waals surface area contributed by atoms with Crippen LogP contribution in [0.1, 0.15) is 43.8 Å². The van der Waals surface area contributed by atoms with Crippen LogP contribution < -0.4 is 10.6 Å². The Hall–Kier alpha value is -1.93. The highest BCUT2D eigenvalue weighted by atomic mass is 32.2. The SMILES string of the molecule is CS(=O)(=O)C1(C(=O)Nc2ccc3nc(C4CCC4)[nH]c3c2)CCNCC1. The Morgan fingerprint density at radius 1 is 1.27 bits per heavy atom. The number of nitrogens with zero attached hydrogens (tertiary/aromatic N) is 1. The molecule has 2 aromatic rings. The van der Waals surface area contributed by atoms with Crippen LogP contribution in [0.3, 0.4) is 0 Å². The van der Waals surface area contributed by atoms with Gasteiger partial charge < -0.3 is 15.6 Å². The van der Waals surface area contributed by atoms with E-state index in [0.717, 1.165) is 36.0 Å². The normalized spacial score (nSPS) is 20.7. The maximum Gasteiger partial charge on any atom is 0.245 e. The van der Waals surface area contributed by atoms with Gasteiger partial charge >= 0.3 is 0 Å². The summed E-state index contributed by atoms with van der Waals surface area (Å²) in [7, 11) is -3.52. The number of fused-ring (bicyclic) bond motifs is 1. The first kappa shape index (κ1) is 17.5. The first-order chi connectivity index (χ1) is 12.4. The highest BCUT2D eigenvalue weighted by molar-refractivity contribution is 7.92. The molecule has 26 heavy (non-hydrogen) atoms. The molecule has 0 bridgehead atoms. The number of aromatic nitrogens is 2. The fourth-order valence-electron chi connectivity index (χ4n) is 3.82. The van der Waals surface area contributed by atoms with E-state index in [-0.39, 0.29) is 12.8 Å². The summed E-state index contributed by atoms with van der Waals surface area (Å²) in [5.74, 6) is 1.06. The lowest BCUT2D eigenvalue weighted by Crippen LogP contribution is -2.55. The number of rotatable bonds is 4. The zero-order valence-corrected chi connectivity index (χ0v) is 15.7. The minimum atomic E-state index is -3.52. The number of piperidine rings is 1. The largest absolute Gasteiger partial charge is 0.342 e. The summed E-state index contributed by atoms with van der Waals surface area (Å²) in [6, 6.07) is 5.47. The predicted octanol–water partition coefficient (Wildman–Crippen LogP) is 1.94. The molecule has 0 unspecified atom stereocenters. The number of nitrogens with one attached hydrogen (secondary N) is 3. The number of hydrogen-bond donors (Lipinski definition) is 3. The van der Waals surface area contributed by atoms with Crippen LogP contribution in [0.15, 0.2) is 18.2 Å². The molecule has 2 heterocycles. The van der Waals surface area contributed by atoms with Gasteiger partial charge in [-0.2, -0.15) is 0 Å². The van der Waals surface area contributed by atoms with E-state index in [9.17, 15) is 13.2 Å². The summed E-state index contributed by atoms with van der Waals surface area (Å²) in [6.07, 6.45) is 5.29. The number of hydrogen-bond acceptors (Lipinski definition) is 5. The highest BCUT2D eigenvalue weighted by Gasteiger charge is 2.48. The predicted molar refractivity (Wildman–Crippen MR) is 101 cm³/mol. The summed E-state index contributed by atoms with van der Waals surface area (Å²) >= 11 is 0. The van der Waals surface area contributed by atoms with Gasteiger partial charge in [0.25, 0.3) is 0 Å². The van der Waals surface area contributed by atoms with Crippen molar-refractivity contribution in [2.45, 2.75) is 42.8 Å². The Kier molecular flexibility index (Phi) is 4.27. The van der Waals surface area contributed by atoms with Gasteiger partial charge in [-0.3, -0.25) is 4.79 Å². The van der Waals surface area contributed by atoms with Crippen LogP contribution in [0.2, 0.25) is 0 Å². The Bertz CT molecular complexity index is 940. The van der Waals surface area contributed by atoms with Crippen molar-refractivity contribution >= 4 is 32.5 Å². The van der Waals surface area contributed by atoms with Crippen molar-refractivity contribution in [1.29, 1.82) is 0 Å². The van der Waals surface area contributed by atoms with Crippen LogP contribution in [-0.4, -0.2) is 48.4 Å². The zero-order valence-electron chi connectivity index (χ0n) is 14.8. The number of anilines is 1. The van der Waals surface area contributed by atoms with E-state index in [4.69, 9.17) is 0 Å². The summed E-state index contributed by atoms with van der Waals surface area (Å²) in [6.45, 7) is 1.04. The average Bonchev–Trinajstić information content (AvgIpc) is 2.95. The van der Waals surface area contributed by atoms with Gasteiger partial charge in [0.2, 0.25) is 5.91 Å². The number of sulfone groups is 1. The third-order valence-corrected chi connectivity index (χ3v) is 7.80. The molecule has 1 aromatic carbocycles. The summed E-state index contributed by atoms with van der Waals surface area (Å²) in [4.78, 5) is 20.9. The van der Waals surface area contributed by atoms with Crippen LogP contribution in [-0.2, 0) is 14.6 Å². The van der Waals surface area contributed by atoms with Crippen LogP contribution in [0.5, 0.6) is 0 Å². The first-order valence-corrected chi connectivity index (χ1v) is 11.0. The van der Waals surface area contributed by atoms with Crippen LogP contribution >= 0.6 is 0 Å². The molecule has 2 fully saturated rings. The van der Waals surface area contributed by atoms with E-state index in [0.29, 0.717) is 24.7 Å². The molecule has 2 aliphatic rings. The molecule has 1 aliphatic carbocycles. The minimum absolute atomic E-state index is 0.287. The van der Waals surface area contributed by atoms with E-state index >= 15 is 0 Å². The molecule has 0 atom stereocenters. The van der Waals surface area contributed by atoms with Crippen LogP contribution in [0.4, 0.5) is 5.69 Å². The third-order valence-electron chi connectivity index (χ3n) is 5.78. The van der Waals surface area contributed by atoms with Gasteiger partial charge in [-0.1, -0.05) is 6.42 Å². The van der Waals surface area contributed by atoms with Crippen molar-refractivity contribution in [3.63, 3.8) is 0 Å². The molecule has 1 aliphatic heterocycles. The minimum Gasteiger partial charge on any atom is -0.342 e. The molecular formula is C18H24N4O3S. The van der Waals surface area contributed by atoms with E-state index in [1.54, 1.807) is 6.07 Å². The fourth-order valence-corrected chi connectivity index (χ4v) is 5.16. The Morgan fingerprint density at radius 2 is 2.00 bits per heavy atom. The van der Waals surface area contributed by atoms with Gasteiger partial charge in [-0.05, 0) is 57.0 Å². The zero-order chi connectivity index (χ0) is 18.4. The summed E-state index contributed by atoms with van der Waals surface area (Å²) < 4.78 is 23.4. The molecule has 1 amide bonds. The van der Waals surface area contributed by atoms with Crippen molar-refractivity contribution in [3.8, 4) is 0 Å². The number of carbonyl (C=O) groups is 1. The number of carbonyl (C=O) groups excluding carboxylic acids is 1. The lowest BCUT2D eigenvalue weighted by Gasteiger charge is -2.34. The second kappa shape index (κ2) is 6.35. The molecule has 1 saturated heterocycles. The van der Waals surface area contributed by atoms with Crippen LogP contribution in [0.25, 0.3) is 11.0 Å². The molecule has 8 heteroatoms. The van der Waals surface area contributed by atoms with E-state index in [1.807, 2.05) is 12.1 Å². The fraction of sp³-hybridized carbons (Fsp3) is 0.556. The van der Waals surface area contributed by atoms with Gasteiger partial charge in [0.05, 0.1) is 11.0 Å². The third kappa shape index (κ3) is 2.91. The second-order valence-electron chi connectivity index (χ2n) is 7.45. The van der Waals surface area contributed by atoms with Gasteiger partial charge in [0.15, 0.2) is 14.6 Å². The maximum atomic E-state index is 12.9. The Labute approximate surface area is 152 Å². The summed E-state index contributed by atoms with van der Waals surface area (Å²) in [5, 5.41) is 5.95. The van der Waals surface area contributed by atoms with Crippen molar-refractivity contribution in [3.05, 3.63) is 24.0 Å². The lowest BCUT2D eigenvalue weighted by molar-refractivity contribution is -0.119. The van der Waals surface area contributed by atoms with Crippen molar-refractivity contribution in [2.75, 3.05) is 24.7 Å². The van der Waals surface area contributed by atoms with Crippen molar-refractivity contribution in [1.82, 2.24) is 15.3 Å². The maximum absolute atomic E-state index is 12.9. The molecule has 140 valence electrons. The lowest BCUT2D eigenvalue weighted by atomic mass is 9.85. The van der Waals surface area contributed by atoms with Crippen LogP contribution in [0, 0.1) is 0 Å². The Morgan fingerprint density at radius 3 is 2.62 bits per heavy atom. The van der Waals surface area contributed by atoms with Gasteiger partial charge in [0.1, 0.15) is 5.82 Å². The number of H-pyrrole nitrogens is 1. The van der Waals surface area contributed by atoms with Crippen molar-refractivity contribution < 1.29 is 13.2 Å². The topological polar surface area (TPSA) is 104 Å². The second-order valence-corrected chi connectivity index (χ2v) is 9.78. The van der Waals surface area contributed by atoms with Gasteiger partial charge in [0, 0.05) is 17.9 Å². The molecule has 1 saturated carbocycles. The molecule has 0 spiro atoms. The molecule has 3 N–H and O–H groups in total. The van der Waals surface area contributed by atoms with Crippen molar-refractivity contribution in [2.24, 2.45) is 0 Å². The molecule has 7 nitrogen and oxygen atoms in total. The van der Waals surface area contributed by atoms with E-state index in [1.165, 1.54) is 6.42 Å². The monoisotopic (exact) mass is 376 g/mol. The average molecular weight is 376 g/mol.